The van der Waals surface area contributed by atoms with Gasteiger partial charge in [0.25, 0.3) is 5.91 Å². The second-order valence-corrected chi connectivity index (χ2v) is 8.81. The van der Waals surface area contributed by atoms with Crippen LogP contribution in [0.5, 0.6) is 0 Å². The Bertz CT molecular complexity index is 1140. The first-order chi connectivity index (χ1) is 16.7. The molecule has 1 amide bonds. The number of halogens is 8. The molecule has 2 aromatic rings. The largest absolute Gasteiger partial charge is 0.416 e. The molecule has 1 heterocycles. The monoisotopic (exact) mass is 555 g/mol. The quantitative estimate of drug-likeness (QED) is 0.248. The molecule has 196 valence electrons. The summed E-state index contributed by atoms with van der Waals surface area (Å²) in [6.07, 6.45) is -10.3. The smallest absolute Gasteiger partial charge is 0.326 e. The molecular weight excluding hydrogens is 535 g/mol. The van der Waals surface area contributed by atoms with E-state index in [4.69, 9.17) is 23.2 Å². The van der Waals surface area contributed by atoms with E-state index in [1.807, 2.05) is 0 Å². The van der Waals surface area contributed by atoms with E-state index >= 15 is 0 Å². The number of hydrazine groups is 1. The number of nitrogens with one attached hydrogen (secondary N) is 3. The Labute approximate surface area is 212 Å². The minimum Gasteiger partial charge on any atom is -0.326 e. The second kappa shape index (κ2) is 10.8. The maximum atomic E-state index is 13.5. The molecule has 2 aromatic carbocycles. The fourth-order valence-corrected chi connectivity index (χ4v) is 4.15. The van der Waals surface area contributed by atoms with Crippen LogP contribution in [0.3, 0.4) is 0 Å². The molecule has 0 spiro atoms. The predicted molar refractivity (Wildman–Crippen MR) is 125 cm³/mol. The number of rotatable bonds is 4. The number of hydrogen-bond acceptors (Lipinski definition) is 4. The van der Waals surface area contributed by atoms with Gasteiger partial charge >= 0.3 is 12.4 Å². The number of anilines is 1. The van der Waals surface area contributed by atoms with Crippen molar-refractivity contribution in [2.45, 2.75) is 38.4 Å². The summed E-state index contributed by atoms with van der Waals surface area (Å²) in [5, 5.41) is 6.46. The van der Waals surface area contributed by atoms with Crippen molar-refractivity contribution >= 4 is 40.8 Å². The predicted octanol–water partition coefficient (Wildman–Crippen LogP) is 5.94. The van der Waals surface area contributed by atoms with Crippen molar-refractivity contribution in [1.82, 2.24) is 15.8 Å². The van der Waals surface area contributed by atoms with E-state index in [0.717, 1.165) is 18.2 Å². The van der Waals surface area contributed by atoms with Gasteiger partial charge in [-0.1, -0.05) is 43.1 Å². The van der Waals surface area contributed by atoms with Gasteiger partial charge in [0.1, 0.15) is 12.2 Å². The van der Waals surface area contributed by atoms with Gasteiger partial charge in [-0.2, -0.15) is 26.3 Å². The van der Waals surface area contributed by atoms with Crippen LogP contribution >= 0.6 is 23.2 Å². The van der Waals surface area contributed by atoms with Gasteiger partial charge in [-0.25, -0.2) is 15.4 Å². The zero-order valence-electron chi connectivity index (χ0n) is 18.8. The summed E-state index contributed by atoms with van der Waals surface area (Å²) in [6, 6.07) is 6.17. The Kier molecular flexibility index (Phi) is 8.44. The Morgan fingerprint density at radius 1 is 1.11 bits per heavy atom. The summed E-state index contributed by atoms with van der Waals surface area (Å²) in [7, 11) is 0. The summed E-state index contributed by atoms with van der Waals surface area (Å²) in [5.41, 5.74) is 1.26. The average Bonchev–Trinajstić information content (AvgIpc) is 3.09. The van der Waals surface area contributed by atoms with Crippen molar-refractivity contribution in [2.24, 2.45) is 10.9 Å². The fraction of sp³-hybridized carbons (Fsp3) is 0.364. The summed E-state index contributed by atoms with van der Waals surface area (Å²) in [4.78, 5) is 17.1. The van der Waals surface area contributed by atoms with Crippen molar-refractivity contribution < 1.29 is 31.1 Å². The Morgan fingerprint density at radius 3 is 2.39 bits per heavy atom. The summed E-state index contributed by atoms with van der Waals surface area (Å²) >= 11 is 11.9. The number of guanidine groups is 1. The van der Waals surface area contributed by atoms with Crippen molar-refractivity contribution in [1.29, 1.82) is 0 Å². The van der Waals surface area contributed by atoms with E-state index in [2.05, 4.69) is 21.1 Å². The summed E-state index contributed by atoms with van der Waals surface area (Å²) < 4.78 is 80.0. The molecule has 0 aliphatic carbocycles. The highest BCUT2D eigenvalue weighted by Gasteiger charge is 2.52. The van der Waals surface area contributed by atoms with Crippen LogP contribution in [0, 0.1) is 5.92 Å². The van der Waals surface area contributed by atoms with Crippen molar-refractivity contribution in [2.75, 3.05) is 11.9 Å². The topological polar surface area (TPSA) is 68.8 Å². The first kappa shape index (κ1) is 28.0. The molecule has 14 heteroatoms. The molecule has 1 aliphatic heterocycles. The number of alkyl halides is 6. The minimum atomic E-state index is -4.64. The zero-order valence-corrected chi connectivity index (χ0v) is 20.3. The number of nitrogens with zero attached hydrogens (tertiary/aromatic N) is 2. The lowest BCUT2D eigenvalue weighted by atomic mass is 10.0. The van der Waals surface area contributed by atoms with Crippen LogP contribution in [0.15, 0.2) is 47.5 Å². The average molecular weight is 556 g/mol. The van der Waals surface area contributed by atoms with E-state index in [1.165, 1.54) is 36.2 Å². The Morgan fingerprint density at radius 2 is 1.81 bits per heavy atom. The molecule has 1 aliphatic rings. The molecule has 36 heavy (non-hydrogen) atoms. The van der Waals surface area contributed by atoms with Crippen LogP contribution < -0.4 is 16.1 Å². The summed E-state index contributed by atoms with van der Waals surface area (Å²) in [5.74, 6) is -2.27. The van der Waals surface area contributed by atoms with Gasteiger partial charge in [0, 0.05) is 23.2 Å². The van der Waals surface area contributed by atoms with Gasteiger partial charge in [0.15, 0.2) is 0 Å². The third-order valence-corrected chi connectivity index (χ3v) is 5.98. The highest BCUT2D eigenvalue weighted by atomic mass is 35.5. The van der Waals surface area contributed by atoms with Crippen LogP contribution in [-0.2, 0) is 6.18 Å². The van der Waals surface area contributed by atoms with Gasteiger partial charge < -0.3 is 5.32 Å². The van der Waals surface area contributed by atoms with Crippen molar-refractivity contribution in [3.63, 3.8) is 0 Å². The molecule has 1 saturated heterocycles. The van der Waals surface area contributed by atoms with Gasteiger partial charge in [-0.3, -0.25) is 10.1 Å². The van der Waals surface area contributed by atoms with E-state index < -0.39 is 41.9 Å². The van der Waals surface area contributed by atoms with Crippen LogP contribution in [0.1, 0.15) is 29.8 Å². The SMILES string of the molecule is CCN1NC(C(F)(F)F)C(C)C1N=C(NC(=O)c1ccc(Cl)cc1Cl)Nc1cccc(C(F)(F)F)c1. The lowest BCUT2D eigenvalue weighted by Gasteiger charge is -2.23. The Balaban J connectivity index is 1.99. The highest BCUT2D eigenvalue weighted by molar-refractivity contribution is 6.37. The molecule has 3 unspecified atom stereocenters. The van der Waals surface area contributed by atoms with Crippen molar-refractivity contribution in [3.8, 4) is 0 Å². The van der Waals surface area contributed by atoms with E-state index in [-0.39, 0.29) is 33.8 Å². The number of benzene rings is 2. The van der Waals surface area contributed by atoms with Crippen LogP contribution in [0.2, 0.25) is 10.0 Å². The fourth-order valence-electron chi connectivity index (χ4n) is 3.65. The summed E-state index contributed by atoms with van der Waals surface area (Å²) in [6.45, 7) is 3.06. The molecule has 0 bridgehead atoms. The van der Waals surface area contributed by atoms with E-state index in [9.17, 15) is 31.1 Å². The molecule has 3 atom stereocenters. The Hall–Kier alpha value is -2.54. The zero-order chi connectivity index (χ0) is 26.8. The van der Waals surface area contributed by atoms with Gasteiger partial charge in [0.05, 0.1) is 16.1 Å². The standard InChI is InChI=1S/C22H21Cl2F6N5O/c1-3-35-18(11(2)17(34-35)22(28,29)30)32-20(31-14-6-4-5-12(9-14)21(25,26)27)33-19(36)15-8-7-13(23)10-16(15)24/h4-11,17-18,34H,3H2,1-2H3,(H2,31,32,33,36). The number of aliphatic imine (C=N–C) groups is 1. The number of carbonyl (C=O) groups excluding carboxylic acids is 1. The van der Waals surface area contributed by atoms with Crippen LogP contribution in [-0.4, -0.2) is 41.8 Å². The molecule has 0 saturated carbocycles. The first-order valence-corrected chi connectivity index (χ1v) is 11.3. The maximum absolute atomic E-state index is 13.5. The second-order valence-electron chi connectivity index (χ2n) is 7.97. The molecule has 1 fully saturated rings. The lowest BCUT2D eigenvalue weighted by molar-refractivity contribution is -0.163. The molecule has 3 rings (SSSR count). The first-order valence-electron chi connectivity index (χ1n) is 10.6. The minimum absolute atomic E-state index is 0.0124. The maximum Gasteiger partial charge on any atom is 0.416 e. The third kappa shape index (κ3) is 6.61. The molecule has 0 radical (unpaired) electrons. The molecule has 6 nitrogen and oxygen atoms in total. The lowest BCUT2D eigenvalue weighted by Crippen LogP contribution is -2.45. The molecule has 0 aromatic heterocycles. The van der Waals surface area contributed by atoms with E-state index in [1.54, 1.807) is 6.92 Å². The molecular formula is C22H21Cl2F6N5O. The van der Waals surface area contributed by atoms with Crippen molar-refractivity contribution in [3.05, 3.63) is 63.6 Å². The van der Waals surface area contributed by atoms with Gasteiger partial charge in [0.2, 0.25) is 5.96 Å². The van der Waals surface area contributed by atoms with Gasteiger partial charge in [-0.05, 0) is 36.4 Å². The number of amides is 1. The van der Waals surface area contributed by atoms with Crippen LogP contribution in [0.25, 0.3) is 0 Å². The highest BCUT2D eigenvalue weighted by Crippen LogP contribution is 2.34. The van der Waals surface area contributed by atoms with E-state index in [0.29, 0.717) is 0 Å². The van der Waals surface area contributed by atoms with Gasteiger partial charge in [-0.15, -0.1) is 0 Å². The molecule has 3 N–H and O–H groups in total. The normalized spacial score (nSPS) is 21.5. The third-order valence-electron chi connectivity index (χ3n) is 5.44. The number of hydrogen-bond donors (Lipinski definition) is 3. The van der Waals surface area contributed by atoms with Crippen LogP contribution in [0.4, 0.5) is 32.0 Å². The number of carbonyl (C=O) groups is 1.